The highest BCUT2D eigenvalue weighted by Gasteiger charge is 2.02. The molecule has 3 N–H and O–H groups in total. The number of halogens is 2. The van der Waals surface area contributed by atoms with Crippen molar-refractivity contribution in [2.45, 2.75) is 6.61 Å². The van der Waals surface area contributed by atoms with Gasteiger partial charge in [0.25, 0.3) is 0 Å². The molecule has 0 heterocycles. The van der Waals surface area contributed by atoms with Crippen LogP contribution in [0.15, 0.2) is 47.6 Å². The number of nitrogens with zero attached hydrogens (tertiary/aromatic N) is 1. The maximum absolute atomic E-state index is 13.1. The summed E-state index contributed by atoms with van der Waals surface area (Å²) in [7, 11) is 0. The van der Waals surface area contributed by atoms with Crippen molar-refractivity contribution in [3.05, 3.63) is 65.2 Å². The van der Waals surface area contributed by atoms with E-state index < -0.39 is 11.6 Å². The molecule has 0 bridgehead atoms. The van der Waals surface area contributed by atoms with Crippen molar-refractivity contribution in [1.82, 2.24) is 5.43 Å². The van der Waals surface area contributed by atoms with Crippen molar-refractivity contribution in [3.8, 4) is 5.75 Å². The molecular weight excluding hydrogens is 308 g/mol. The van der Waals surface area contributed by atoms with E-state index in [4.69, 9.17) is 10.5 Å². The lowest BCUT2D eigenvalue weighted by Crippen LogP contribution is -2.23. The van der Waals surface area contributed by atoms with E-state index in [1.165, 1.54) is 18.3 Å². The summed E-state index contributed by atoms with van der Waals surface area (Å²) in [5.74, 6) is -0.726. The molecule has 0 unspecified atom stereocenters. The van der Waals surface area contributed by atoms with Gasteiger partial charge in [0.1, 0.15) is 24.0 Å². The number of rotatable bonds is 5. The average molecular weight is 321 g/mol. The van der Waals surface area contributed by atoms with Gasteiger partial charge in [-0.05, 0) is 47.6 Å². The highest BCUT2D eigenvalue weighted by Crippen LogP contribution is 2.15. The third-order valence-electron chi connectivity index (χ3n) is 2.57. The molecular formula is C15H13F2N3OS. The van der Waals surface area contributed by atoms with Gasteiger partial charge in [0, 0.05) is 6.07 Å². The summed E-state index contributed by atoms with van der Waals surface area (Å²) < 4.78 is 31.7. The fraction of sp³-hybridized carbons (Fsp3) is 0.0667. The normalized spacial score (nSPS) is 10.6. The summed E-state index contributed by atoms with van der Waals surface area (Å²) in [4.78, 5) is 0. The van der Waals surface area contributed by atoms with Gasteiger partial charge in [-0.2, -0.15) is 5.10 Å². The summed E-state index contributed by atoms with van der Waals surface area (Å²) in [6, 6.07) is 10.3. The van der Waals surface area contributed by atoms with E-state index in [-0.39, 0.29) is 11.7 Å². The Bertz CT molecular complexity index is 687. The van der Waals surface area contributed by atoms with Crippen molar-refractivity contribution in [3.63, 3.8) is 0 Å². The quantitative estimate of drug-likeness (QED) is 0.505. The standard InChI is InChI=1S/C15H13F2N3OS/c16-12-4-11(5-13(17)7-12)9-21-14-3-1-2-10(6-14)8-19-20-15(18)22/h1-8H,9H2,(H3,18,20,22). The predicted octanol–water partition coefficient (Wildman–Crippen LogP) is 2.71. The van der Waals surface area contributed by atoms with Gasteiger partial charge >= 0.3 is 0 Å². The van der Waals surface area contributed by atoms with E-state index in [0.29, 0.717) is 11.3 Å². The zero-order valence-electron chi connectivity index (χ0n) is 11.4. The number of nitrogens with two attached hydrogens (primary N) is 1. The minimum absolute atomic E-state index is 0.0560. The summed E-state index contributed by atoms with van der Waals surface area (Å²) in [6.45, 7) is 0.0560. The largest absolute Gasteiger partial charge is 0.489 e. The van der Waals surface area contributed by atoms with Crippen LogP contribution in [0.2, 0.25) is 0 Å². The Kier molecular flexibility index (Phi) is 5.37. The van der Waals surface area contributed by atoms with Crippen LogP contribution >= 0.6 is 12.2 Å². The molecule has 0 saturated carbocycles. The average Bonchev–Trinajstić information content (AvgIpc) is 2.44. The molecule has 0 amide bonds. The van der Waals surface area contributed by atoms with Crippen molar-refractivity contribution >= 4 is 23.5 Å². The van der Waals surface area contributed by atoms with Gasteiger partial charge in [0.05, 0.1) is 6.21 Å². The number of hydrogen-bond donors (Lipinski definition) is 2. The second kappa shape index (κ2) is 7.46. The molecule has 4 nitrogen and oxygen atoms in total. The monoisotopic (exact) mass is 321 g/mol. The smallest absolute Gasteiger partial charge is 0.184 e. The molecule has 0 fully saturated rings. The SMILES string of the molecule is NC(=S)NN=Cc1cccc(OCc2cc(F)cc(F)c2)c1. The molecule has 0 aliphatic carbocycles. The summed E-state index contributed by atoms with van der Waals surface area (Å²) in [6.07, 6.45) is 1.52. The summed E-state index contributed by atoms with van der Waals surface area (Å²) >= 11 is 4.62. The van der Waals surface area contributed by atoms with Gasteiger partial charge in [0.15, 0.2) is 5.11 Å². The third-order valence-corrected chi connectivity index (χ3v) is 2.67. The van der Waals surface area contributed by atoms with Crippen LogP contribution < -0.4 is 15.9 Å². The number of benzene rings is 2. The number of thiocarbonyl (C=S) groups is 1. The zero-order valence-corrected chi connectivity index (χ0v) is 12.2. The molecule has 0 radical (unpaired) electrons. The lowest BCUT2D eigenvalue weighted by Gasteiger charge is -2.07. The van der Waals surface area contributed by atoms with Crippen LogP contribution in [0.4, 0.5) is 8.78 Å². The van der Waals surface area contributed by atoms with Crippen LogP contribution in [0.25, 0.3) is 0 Å². The lowest BCUT2D eigenvalue weighted by atomic mass is 10.2. The van der Waals surface area contributed by atoms with Gasteiger partial charge in [-0.15, -0.1) is 0 Å². The molecule has 2 rings (SSSR count). The van der Waals surface area contributed by atoms with Gasteiger partial charge in [-0.3, -0.25) is 5.43 Å². The molecule has 114 valence electrons. The lowest BCUT2D eigenvalue weighted by molar-refractivity contribution is 0.304. The number of hydrazone groups is 1. The van der Waals surface area contributed by atoms with E-state index in [1.807, 2.05) is 0 Å². The topological polar surface area (TPSA) is 59.6 Å². The molecule has 0 saturated heterocycles. The first-order chi connectivity index (χ1) is 10.5. The minimum Gasteiger partial charge on any atom is -0.489 e. The molecule has 22 heavy (non-hydrogen) atoms. The number of hydrogen-bond acceptors (Lipinski definition) is 3. The van der Waals surface area contributed by atoms with Gasteiger partial charge in [-0.25, -0.2) is 8.78 Å². The fourth-order valence-corrected chi connectivity index (χ4v) is 1.77. The van der Waals surface area contributed by atoms with E-state index in [9.17, 15) is 8.78 Å². The zero-order chi connectivity index (χ0) is 15.9. The molecule has 2 aromatic carbocycles. The summed E-state index contributed by atoms with van der Waals surface area (Å²) in [5, 5.41) is 3.89. The van der Waals surface area contributed by atoms with E-state index >= 15 is 0 Å². The second-order valence-electron chi connectivity index (χ2n) is 4.37. The number of nitrogens with one attached hydrogen (secondary N) is 1. The van der Waals surface area contributed by atoms with Crippen molar-refractivity contribution < 1.29 is 13.5 Å². The van der Waals surface area contributed by atoms with Crippen LogP contribution in [0, 0.1) is 11.6 Å². The van der Waals surface area contributed by atoms with Gasteiger partial charge in [0.2, 0.25) is 0 Å². The molecule has 0 aliphatic heterocycles. The molecule has 0 spiro atoms. The molecule has 2 aromatic rings. The Balaban J connectivity index is 2.01. The Morgan fingerprint density at radius 3 is 2.64 bits per heavy atom. The van der Waals surface area contributed by atoms with Gasteiger partial charge < -0.3 is 10.5 Å². The fourth-order valence-electron chi connectivity index (χ4n) is 1.72. The predicted molar refractivity (Wildman–Crippen MR) is 84.6 cm³/mol. The van der Waals surface area contributed by atoms with Crippen LogP contribution in [0.5, 0.6) is 5.75 Å². The van der Waals surface area contributed by atoms with Crippen LogP contribution in [0.3, 0.4) is 0 Å². The number of ether oxygens (including phenoxy) is 1. The maximum atomic E-state index is 13.1. The second-order valence-corrected chi connectivity index (χ2v) is 4.81. The maximum Gasteiger partial charge on any atom is 0.184 e. The first-order valence-electron chi connectivity index (χ1n) is 6.29. The third kappa shape index (κ3) is 5.10. The van der Waals surface area contributed by atoms with Crippen molar-refractivity contribution in [2.24, 2.45) is 10.8 Å². The molecule has 7 heteroatoms. The van der Waals surface area contributed by atoms with Crippen LogP contribution in [-0.4, -0.2) is 11.3 Å². The van der Waals surface area contributed by atoms with Crippen molar-refractivity contribution in [2.75, 3.05) is 0 Å². The van der Waals surface area contributed by atoms with Crippen molar-refractivity contribution in [1.29, 1.82) is 0 Å². The van der Waals surface area contributed by atoms with E-state index in [2.05, 4.69) is 22.7 Å². The van der Waals surface area contributed by atoms with Crippen LogP contribution in [-0.2, 0) is 6.61 Å². The Morgan fingerprint density at radius 1 is 1.23 bits per heavy atom. The highest BCUT2D eigenvalue weighted by molar-refractivity contribution is 7.80. The Morgan fingerprint density at radius 2 is 1.95 bits per heavy atom. The van der Waals surface area contributed by atoms with E-state index in [0.717, 1.165) is 11.6 Å². The van der Waals surface area contributed by atoms with E-state index in [1.54, 1.807) is 24.3 Å². The van der Waals surface area contributed by atoms with Gasteiger partial charge in [-0.1, -0.05) is 12.1 Å². The molecule has 0 aliphatic rings. The minimum atomic E-state index is -0.636. The Hall–Kier alpha value is -2.54. The first-order valence-corrected chi connectivity index (χ1v) is 6.70. The molecule has 0 aromatic heterocycles. The first kappa shape index (κ1) is 15.8. The summed E-state index contributed by atoms with van der Waals surface area (Å²) in [5.41, 5.74) is 8.85. The van der Waals surface area contributed by atoms with Crippen LogP contribution in [0.1, 0.15) is 11.1 Å². The Labute approximate surface area is 131 Å². The highest BCUT2D eigenvalue weighted by atomic mass is 32.1. The molecule has 0 atom stereocenters.